The number of esters is 1. The number of ether oxygens (including phenoxy) is 1. The first-order valence-electron chi connectivity index (χ1n) is 5.84. The minimum absolute atomic E-state index is 0.265. The Labute approximate surface area is 114 Å². The van der Waals surface area contributed by atoms with E-state index in [1.807, 2.05) is 6.07 Å². The van der Waals surface area contributed by atoms with Crippen molar-refractivity contribution in [3.8, 4) is 5.82 Å². The highest BCUT2D eigenvalue weighted by atomic mass is 16.5. The second-order valence-corrected chi connectivity index (χ2v) is 4.05. The monoisotopic (exact) mass is 269 g/mol. The Bertz CT molecular complexity index is 796. The van der Waals surface area contributed by atoms with E-state index in [-0.39, 0.29) is 5.82 Å². The summed E-state index contributed by atoms with van der Waals surface area (Å²) < 4.78 is 6.30. The highest BCUT2D eigenvalue weighted by Gasteiger charge is 2.15. The van der Waals surface area contributed by atoms with Gasteiger partial charge in [0.15, 0.2) is 11.6 Å². The van der Waals surface area contributed by atoms with Gasteiger partial charge in [-0.15, -0.1) is 0 Å². The Kier molecular flexibility index (Phi) is 2.79. The summed E-state index contributed by atoms with van der Waals surface area (Å²) in [5, 5.41) is 4.90. The molecule has 0 atom stereocenters. The smallest absolute Gasteiger partial charge is 0.338 e. The third-order valence-electron chi connectivity index (χ3n) is 2.93. The normalized spacial score (nSPS) is 10.7. The number of fused-ring (bicyclic) bond motifs is 1. The molecule has 2 heterocycles. The molecule has 7 nitrogen and oxygen atoms in total. The maximum atomic E-state index is 11.7. The van der Waals surface area contributed by atoms with Crippen LogP contribution in [0.4, 0.5) is 5.82 Å². The average Bonchev–Trinajstić information content (AvgIpc) is 2.90. The van der Waals surface area contributed by atoms with Crippen LogP contribution < -0.4 is 5.73 Å². The number of hydrogen-bond acceptors (Lipinski definition) is 6. The van der Waals surface area contributed by atoms with Crippen molar-refractivity contribution < 1.29 is 9.53 Å². The van der Waals surface area contributed by atoms with Gasteiger partial charge < -0.3 is 10.5 Å². The van der Waals surface area contributed by atoms with Gasteiger partial charge in [-0.2, -0.15) is 5.10 Å². The molecule has 2 aromatic heterocycles. The number of benzene rings is 1. The SMILES string of the molecule is COC(=O)c1cccc2c1cnn2-c1nccnc1N. The Morgan fingerprint density at radius 3 is 2.85 bits per heavy atom. The van der Waals surface area contributed by atoms with Gasteiger partial charge in [0, 0.05) is 17.8 Å². The van der Waals surface area contributed by atoms with Crippen molar-refractivity contribution >= 4 is 22.7 Å². The number of methoxy groups -OCH3 is 1. The van der Waals surface area contributed by atoms with Crippen LogP contribution in [0.5, 0.6) is 0 Å². The third kappa shape index (κ3) is 1.76. The summed E-state index contributed by atoms with van der Waals surface area (Å²) in [4.78, 5) is 19.9. The van der Waals surface area contributed by atoms with Gasteiger partial charge >= 0.3 is 5.97 Å². The molecule has 3 aromatic rings. The first-order chi connectivity index (χ1) is 9.72. The van der Waals surface area contributed by atoms with Crippen molar-refractivity contribution in [1.29, 1.82) is 0 Å². The molecule has 0 spiro atoms. The van der Waals surface area contributed by atoms with E-state index in [1.165, 1.54) is 19.5 Å². The fourth-order valence-electron chi connectivity index (χ4n) is 2.01. The minimum atomic E-state index is -0.415. The van der Waals surface area contributed by atoms with Crippen LogP contribution in [-0.2, 0) is 4.74 Å². The standard InChI is InChI=1S/C13H11N5O2/c1-20-13(19)8-3-2-4-10-9(8)7-17-18(10)12-11(14)15-5-6-16-12/h2-7H,1H3,(H2,14,15). The number of carbonyl (C=O) groups is 1. The lowest BCUT2D eigenvalue weighted by molar-refractivity contribution is 0.0603. The van der Waals surface area contributed by atoms with Crippen molar-refractivity contribution in [2.75, 3.05) is 12.8 Å². The van der Waals surface area contributed by atoms with Crippen LogP contribution in [0.1, 0.15) is 10.4 Å². The van der Waals surface area contributed by atoms with Gasteiger partial charge in [-0.3, -0.25) is 0 Å². The lowest BCUT2D eigenvalue weighted by Crippen LogP contribution is -2.06. The highest BCUT2D eigenvalue weighted by Crippen LogP contribution is 2.22. The zero-order chi connectivity index (χ0) is 14.1. The topological polar surface area (TPSA) is 95.9 Å². The molecule has 1 aromatic carbocycles. The molecule has 7 heteroatoms. The minimum Gasteiger partial charge on any atom is -0.465 e. The molecule has 100 valence electrons. The predicted octanol–water partition coefficient (Wildman–Crippen LogP) is 1.18. The lowest BCUT2D eigenvalue weighted by Gasteiger charge is -2.05. The van der Waals surface area contributed by atoms with E-state index < -0.39 is 5.97 Å². The summed E-state index contributed by atoms with van der Waals surface area (Å²) in [5.74, 6) is 0.271. The maximum absolute atomic E-state index is 11.7. The summed E-state index contributed by atoms with van der Waals surface area (Å²) in [5.41, 5.74) is 6.95. The highest BCUT2D eigenvalue weighted by molar-refractivity contribution is 6.03. The quantitative estimate of drug-likeness (QED) is 0.702. The molecular weight excluding hydrogens is 258 g/mol. The Morgan fingerprint density at radius 2 is 2.10 bits per heavy atom. The van der Waals surface area contributed by atoms with E-state index in [1.54, 1.807) is 23.0 Å². The van der Waals surface area contributed by atoms with Crippen LogP contribution in [0, 0.1) is 0 Å². The van der Waals surface area contributed by atoms with E-state index in [0.29, 0.717) is 22.3 Å². The van der Waals surface area contributed by atoms with E-state index in [4.69, 9.17) is 10.5 Å². The summed E-state index contributed by atoms with van der Waals surface area (Å²) in [6.45, 7) is 0. The van der Waals surface area contributed by atoms with Crippen LogP contribution >= 0.6 is 0 Å². The summed E-state index contributed by atoms with van der Waals surface area (Å²) in [6.07, 6.45) is 4.61. The zero-order valence-corrected chi connectivity index (χ0v) is 10.6. The molecule has 0 saturated carbocycles. The number of rotatable bonds is 2. The van der Waals surface area contributed by atoms with Crippen molar-refractivity contribution in [3.63, 3.8) is 0 Å². The molecule has 3 rings (SSSR count). The van der Waals surface area contributed by atoms with E-state index in [2.05, 4.69) is 15.1 Å². The van der Waals surface area contributed by atoms with E-state index in [9.17, 15) is 4.79 Å². The molecule has 0 fully saturated rings. The lowest BCUT2D eigenvalue weighted by atomic mass is 10.1. The van der Waals surface area contributed by atoms with E-state index >= 15 is 0 Å². The van der Waals surface area contributed by atoms with E-state index in [0.717, 1.165) is 0 Å². The Hall–Kier alpha value is -2.96. The van der Waals surface area contributed by atoms with Crippen LogP contribution in [0.2, 0.25) is 0 Å². The first kappa shape index (κ1) is 12.1. The molecule has 0 aliphatic rings. The molecule has 20 heavy (non-hydrogen) atoms. The van der Waals surface area contributed by atoms with Crippen molar-refractivity contribution in [3.05, 3.63) is 42.4 Å². The third-order valence-corrected chi connectivity index (χ3v) is 2.93. The molecule has 2 N–H and O–H groups in total. The van der Waals surface area contributed by atoms with Gasteiger partial charge in [0.25, 0.3) is 0 Å². The molecule has 0 aliphatic heterocycles. The van der Waals surface area contributed by atoms with Gasteiger partial charge in [0.2, 0.25) is 0 Å². The Morgan fingerprint density at radius 1 is 1.30 bits per heavy atom. The van der Waals surface area contributed by atoms with Gasteiger partial charge in [-0.25, -0.2) is 19.4 Å². The van der Waals surface area contributed by atoms with Crippen LogP contribution in [0.25, 0.3) is 16.7 Å². The molecule has 0 bridgehead atoms. The fourth-order valence-corrected chi connectivity index (χ4v) is 2.01. The first-order valence-corrected chi connectivity index (χ1v) is 5.84. The number of nitrogens with two attached hydrogens (primary N) is 1. The Balaban J connectivity index is 2.26. The largest absolute Gasteiger partial charge is 0.465 e. The van der Waals surface area contributed by atoms with Crippen molar-refractivity contribution in [2.45, 2.75) is 0 Å². The average molecular weight is 269 g/mol. The fraction of sp³-hybridized carbons (Fsp3) is 0.0769. The van der Waals surface area contributed by atoms with Gasteiger partial charge in [0.1, 0.15) is 0 Å². The van der Waals surface area contributed by atoms with Crippen LogP contribution in [-0.4, -0.2) is 32.8 Å². The molecule has 0 amide bonds. The molecule has 0 saturated heterocycles. The molecule has 0 radical (unpaired) electrons. The summed E-state index contributed by atoms with van der Waals surface area (Å²) in [7, 11) is 1.34. The van der Waals surface area contributed by atoms with Crippen molar-refractivity contribution in [1.82, 2.24) is 19.7 Å². The number of aromatic nitrogens is 4. The maximum Gasteiger partial charge on any atom is 0.338 e. The van der Waals surface area contributed by atoms with Gasteiger partial charge in [-0.1, -0.05) is 6.07 Å². The molecule has 0 aliphatic carbocycles. The zero-order valence-electron chi connectivity index (χ0n) is 10.6. The number of hydrogen-bond donors (Lipinski definition) is 1. The number of nitrogen functional groups attached to an aromatic ring is 1. The van der Waals surface area contributed by atoms with Crippen molar-refractivity contribution in [2.24, 2.45) is 0 Å². The van der Waals surface area contributed by atoms with Gasteiger partial charge in [0.05, 0.1) is 24.4 Å². The van der Waals surface area contributed by atoms with Gasteiger partial charge in [-0.05, 0) is 12.1 Å². The summed E-state index contributed by atoms with van der Waals surface area (Å²) in [6, 6.07) is 5.25. The predicted molar refractivity (Wildman–Crippen MR) is 72.4 cm³/mol. The number of nitrogens with zero attached hydrogens (tertiary/aromatic N) is 4. The van der Waals surface area contributed by atoms with Crippen LogP contribution in [0.3, 0.4) is 0 Å². The molecule has 0 unspecified atom stereocenters. The number of anilines is 1. The number of carbonyl (C=O) groups excluding carboxylic acids is 1. The second-order valence-electron chi connectivity index (χ2n) is 4.05. The molecular formula is C13H11N5O2. The second kappa shape index (κ2) is 4.61. The van der Waals surface area contributed by atoms with Crippen LogP contribution in [0.15, 0.2) is 36.8 Å². The summed E-state index contributed by atoms with van der Waals surface area (Å²) >= 11 is 0.